The first kappa shape index (κ1) is 19.8. The molecule has 0 bridgehead atoms. The Morgan fingerprint density at radius 2 is 2.07 bits per heavy atom. The number of aryl methyl sites for hydroxylation is 1. The lowest BCUT2D eigenvalue weighted by atomic mass is 10.1. The van der Waals surface area contributed by atoms with E-state index in [0.29, 0.717) is 18.2 Å². The molecule has 156 valence electrons. The van der Waals surface area contributed by atoms with Crippen molar-refractivity contribution >= 4 is 6.03 Å². The first-order valence-corrected chi connectivity index (χ1v) is 10.1. The molecule has 7 nitrogen and oxygen atoms in total. The number of pyridine rings is 1. The predicted octanol–water partition coefficient (Wildman–Crippen LogP) is 4.27. The number of hydrogen-bond acceptors (Lipinski definition) is 4. The van der Waals surface area contributed by atoms with Crippen molar-refractivity contribution in [3.8, 4) is 17.4 Å². The van der Waals surface area contributed by atoms with Crippen molar-refractivity contribution in [3.05, 3.63) is 72.2 Å². The van der Waals surface area contributed by atoms with E-state index in [9.17, 15) is 4.79 Å². The number of nitrogens with one attached hydrogen (secondary N) is 1. The minimum atomic E-state index is -0.0459. The van der Waals surface area contributed by atoms with Crippen LogP contribution in [0.2, 0.25) is 0 Å². The van der Waals surface area contributed by atoms with Gasteiger partial charge in [-0.15, -0.1) is 0 Å². The van der Waals surface area contributed by atoms with Crippen molar-refractivity contribution in [1.82, 2.24) is 19.8 Å². The molecule has 0 spiro atoms. The standard InChI is InChI=1S/C23H26N4O3/c1-26-12-4-8-20(26)21-9-5-13-27(21)23(28)25-16-17-10-11-22(24-15-17)30-19-7-3-6-18(14-19)29-2/h3-4,6-8,10-12,14-15,21H,5,9,13,16H2,1-2H3,(H,25,28). The van der Waals surface area contributed by atoms with Gasteiger partial charge in [-0.1, -0.05) is 12.1 Å². The van der Waals surface area contributed by atoms with Gasteiger partial charge in [-0.25, -0.2) is 9.78 Å². The van der Waals surface area contributed by atoms with Crippen LogP contribution in [-0.2, 0) is 13.6 Å². The minimum absolute atomic E-state index is 0.0459. The van der Waals surface area contributed by atoms with E-state index in [4.69, 9.17) is 9.47 Å². The van der Waals surface area contributed by atoms with Gasteiger partial charge in [0.25, 0.3) is 0 Å². The van der Waals surface area contributed by atoms with Crippen LogP contribution in [-0.4, -0.2) is 34.1 Å². The van der Waals surface area contributed by atoms with Crippen molar-refractivity contribution in [2.24, 2.45) is 7.05 Å². The number of nitrogens with zero attached hydrogens (tertiary/aromatic N) is 3. The van der Waals surface area contributed by atoms with Gasteiger partial charge in [-0.2, -0.15) is 0 Å². The van der Waals surface area contributed by atoms with Gasteiger partial charge in [-0.05, 0) is 42.7 Å². The second-order valence-electron chi connectivity index (χ2n) is 7.34. The molecule has 3 heterocycles. The zero-order valence-corrected chi connectivity index (χ0v) is 17.2. The maximum atomic E-state index is 12.8. The molecule has 4 rings (SSSR count). The lowest BCUT2D eigenvalue weighted by molar-refractivity contribution is 0.191. The topological polar surface area (TPSA) is 68.6 Å². The number of urea groups is 1. The van der Waals surface area contributed by atoms with E-state index in [1.807, 2.05) is 48.5 Å². The quantitative estimate of drug-likeness (QED) is 0.664. The third kappa shape index (κ3) is 4.40. The first-order valence-electron chi connectivity index (χ1n) is 10.1. The number of methoxy groups -OCH3 is 1. The third-order valence-corrected chi connectivity index (χ3v) is 5.34. The van der Waals surface area contributed by atoms with E-state index in [2.05, 4.69) is 20.9 Å². The fraction of sp³-hybridized carbons (Fsp3) is 0.304. The third-order valence-electron chi connectivity index (χ3n) is 5.34. The summed E-state index contributed by atoms with van der Waals surface area (Å²) in [6, 6.07) is 15.2. The van der Waals surface area contributed by atoms with Crippen molar-refractivity contribution in [1.29, 1.82) is 0 Å². The maximum Gasteiger partial charge on any atom is 0.318 e. The van der Waals surface area contributed by atoms with Crippen LogP contribution in [0.4, 0.5) is 4.79 Å². The van der Waals surface area contributed by atoms with Gasteiger partial charge in [0.1, 0.15) is 11.5 Å². The highest BCUT2D eigenvalue weighted by Crippen LogP contribution is 2.31. The molecule has 0 radical (unpaired) electrons. The van der Waals surface area contributed by atoms with Crippen molar-refractivity contribution in [2.75, 3.05) is 13.7 Å². The molecule has 1 atom stereocenters. The Morgan fingerprint density at radius 3 is 2.80 bits per heavy atom. The zero-order chi connectivity index (χ0) is 20.9. The molecule has 1 unspecified atom stereocenters. The number of ether oxygens (including phenoxy) is 2. The molecule has 3 aromatic rings. The number of amides is 2. The molecule has 2 amide bonds. The summed E-state index contributed by atoms with van der Waals surface area (Å²) < 4.78 is 13.0. The van der Waals surface area contributed by atoms with E-state index in [1.54, 1.807) is 25.4 Å². The van der Waals surface area contributed by atoms with Crippen LogP contribution in [0.3, 0.4) is 0 Å². The molecular weight excluding hydrogens is 380 g/mol. The van der Waals surface area contributed by atoms with Gasteiger partial charge in [-0.3, -0.25) is 0 Å². The van der Waals surface area contributed by atoms with Crippen LogP contribution in [0.1, 0.15) is 30.1 Å². The number of aromatic nitrogens is 2. The molecule has 1 aliphatic heterocycles. The molecule has 1 aliphatic rings. The monoisotopic (exact) mass is 406 g/mol. The molecule has 7 heteroatoms. The van der Waals surface area contributed by atoms with Crippen molar-refractivity contribution in [3.63, 3.8) is 0 Å². The van der Waals surface area contributed by atoms with Crippen molar-refractivity contribution < 1.29 is 14.3 Å². The summed E-state index contributed by atoms with van der Waals surface area (Å²) in [5.74, 6) is 1.87. The molecule has 2 aromatic heterocycles. The summed E-state index contributed by atoms with van der Waals surface area (Å²) >= 11 is 0. The van der Waals surface area contributed by atoms with Crippen LogP contribution < -0.4 is 14.8 Å². The molecule has 30 heavy (non-hydrogen) atoms. The van der Waals surface area contributed by atoms with Crippen LogP contribution in [0, 0.1) is 0 Å². The Kier molecular flexibility index (Phi) is 5.88. The van der Waals surface area contributed by atoms with E-state index in [1.165, 1.54) is 5.69 Å². The van der Waals surface area contributed by atoms with Gasteiger partial charge in [0.15, 0.2) is 0 Å². The summed E-state index contributed by atoms with van der Waals surface area (Å²) in [6.45, 7) is 1.19. The second kappa shape index (κ2) is 8.90. The second-order valence-corrected chi connectivity index (χ2v) is 7.34. The number of likely N-dealkylation sites (tertiary alicyclic amines) is 1. The highest BCUT2D eigenvalue weighted by molar-refractivity contribution is 5.75. The average molecular weight is 406 g/mol. The largest absolute Gasteiger partial charge is 0.497 e. The molecule has 0 saturated carbocycles. The Morgan fingerprint density at radius 1 is 1.20 bits per heavy atom. The summed E-state index contributed by atoms with van der Waals surface area (Å²) in [6.07, 6.45) is 5.74. The number of carbonyl (C=O) groups excluding carboxylic acids is 1. The Bertz CT molecular complexity index is 1000. The molecule has 1 saturated heterocycles. The predicted molar refractivity (Wildman–Crippen MR) is 114 cm³/mol. The van der Waals surface area contributed by atoms with Crippen LogP contribution in [0.15, 0.2) is 60.9 Å². The van der Waals surface area contributed by atoms with Crippen LogP contribution in [0.25, 0.3) is 0 Å². The lowest BCUT2D eigenvalue weighted by Gasteiger charge is -2.25. The molecular formula is C23H26N4O3. The fourth-order valence-electron chi connectivity index (χ4n) is 3.78. The normalized spacial score (nSPS) is 15.8. The summed E-state index contributed by atoms with van der Waals surface area (Å²) in [7, 11) is 3.63. The van der Waals surface area contributed by atoms with E-state index >= 15 is 0 Å². The maximum absolute atomic E-state index is 12.8. The molecule has 1 N–H and O–H groups in total. The Balaban J connectivity index is 1.33. The molecule has 0 aliphatic carbocycles. The highest BCUT2D eigenvalue weighted by atomic mass is 16.5. The smallest absolute Gasteiger partial charge is 0.318 e. The van der Waals surface area contributed by atoms with E-state index in [0.717, 1.165) is 30.7 Å². The number of hydrogen-bond donors (Lipinski definition) is 1. The lowest BCUT2D eigenvalue weighted by Crippen LogP contribution is -2.39. The number of rotatable bonds is 6. The Labute approximate surface area is 176 Å². The average Bonchev–Trinajstić information content (AvgIpc) is 3.41. The van der Waals surface area contributed by atoms with Crippen LogP contribution >= 0.6 is 0 Å². The van der Waals surface area contributed by atoms with Gasteiger partial charge in [0.2, 0.25) is 5.88 Å². The van der Waals surface area contributed by atoms with Gasteiger partial charge in [0, 0.05) is 50.4 Å². The molecule has 1 aromatic carbocycles. The Hall–Kier alpha value is -3.48. The first-order chi connectivity index (χ1) is 14.6. The number of benzene rings is 1. The molecule has 1 fully saturated rings. The van der Waals surface area contributed by atoms with Crippen LogP contribution in [0.5, 0.6) is 17.4 Å². The summed E-state index contributed by atoms with van der Waals surface area (Å²) in [4.78, 5) is 19.0. The van der Waals surface area contributed by atoms with Gasteiger partial charge in [0.05, 0.1) is 13.2 Å². The summed E-state index contributed by atoms with van der Waals surface area (Å²) in [5.41, 5.74) is 2.08. The van der Waals surface area contributed by atoms with Gasteiger partial charge >= 0.3 is 6.03 Å². The SMILES string of the molecule is COc1cccc(Oc2ccc(CNC(=O)N3CCCC3c3cccn3C)cn2)c1. The van der Waals surface area contributed by atoms with Crippen molar-refractivity contribution in [2.45, 2.75) is 25.4 Å². The van der Waals surface area contributed by atoms with E-state index < -0.39 is 0 Å². The van der Waals surface area contributed by atoms with Gasteiger partial charge < -0.3 is 24.3 Å². The fourth-order valence-corrected chi connectivity index (χ4v) is 3.78. The summed E-state index contributed by atoms with van der Waals surface area (Å²) in [5, 5.41) is 3.02. The minimum Gasteiger partial charge on any atom is -0.497 e. The number of carbonyl (C=O) groups is 1. The zero-order valence-electron chi connectivity index (χ0n) is 17.2. The highest BCUT2D eigenvalue weighted by Gasteiger charge is 2.31. The van der Waals surface area contributed by atoms with E-state index in [-0.39, 0.29) is 12.1 Å².